The van der Waals surface area contributed by atoms with Gasteiger partial charge in [0.05, 0.1) is 11.4 Å². The quantitative estimate of drug-likeness (QED) is 0.888. The molecule has 2 aliphatic heterocycles. The van der Waals surface area contributed by atoms with E-state index in [4.69, 9.17) is 0 Å². The summed E-state index contributed by atoms with van der Waals surface area (Å²) in [5.41, 5.74) is 3.96. The van der Waals surface area contributed by atoms with E-state index in [-0.39, 0.29) is 5.91 Å². The molecule has 0 saturated carbocycles. The maximum atomic E-state index is 13.1. The Morgan fingerprint density at radius 1 is 1.18 bits per heavy atom. The summed E-state index contributed by atoms with van der Waals surface area (Å²) < 4.78 is 0. The molecule has 2 saturated heterocycles. The van der Waals surface area contributed by atoms with Crippen LogP contribution in [0, 0.1) is 13.8 Å². The summed E-state index contributed by atoms with van der Waals surface area (Å²) >= 11 is 0. The van der Waals surface area contributed by atoms with Gasteiger partial charge in [-0.05, 0) is 56.8 Å². The number of piperazine rings is 1. The van der Waals surface area contributed by atoms with Crippen LogP contribution in [-0.4, -0.2) is 60.0 Å². The molecule has 0 aliphatic carbocycles. The number of benzene rings is 1. The van der Waals surface area contributed by atoms with Crippen molar-refractivity contribution in [1.29, 1.82) is 0 Å². The normalized spacial score (nSPS) is 20.3. The summed E-state index contributed by atoms with van der Waals surface area (Å²) in [7, 11) is 0. The maximum Gasteiger partial charge on any atom is 0.253 e. The minimum absolute atomic E-state index is 0.136. The van der Waals surface area contributed by atoms with Gasteiger partial charge in [-0.2, -0.15) is 0 Å². The molecule has 0 bridgehead atoms. The second-order valence-corrected chi connectivity index (χ2v) is 7.87. The summed E-state index contributed by atoms with van der Waals surface area (Å²) in [5, 5.41) is 3.46. The Morgan fingerprint density at radius 3 is 2.75 bits per heavy atom. The molecule has 0 radical (unpaired) electrons. The molecular formula is C22H29N5O. The third-order valence-electron chi connectivity index (χ3n) is 5.82. The summed E-state index contributed by atoms with van der Waals surface area (Å²) in [6, 6.07) is 8.23. The van der Waals surface area contributed by atoms with Crippen LogP contribution in [0.5, 0.6) is 0 Å². The summed E-state index contributed by atoms with van der Waals surface area (Å²) in [6.45, 7) is 9.06. The van der Waals surface area contributed by atoms with E-state index in [0.717, 1.165) is 48.9 Å². The standard InChI is InChI=1S/C22H29N5O/c1-16-14-24-17(2)21(25-16)26-9-11-27(12-10-26)22(28)19-6-3-5-18(13-19)20-7-4-8-23-15-20/h3,5-6,13-14,20,23H,4,7-12,15H2,1-2H3. The Hall–Kier alpha value is -2.47. The van der Waals surface area contributed by atoms with E-state index in [1.165, 1.54) is 18.4 Å². The minimum atomic E-state index is 0.136. The molecule has 28 heavy (non-hydrogen) atoms. The number of aromatic nitrogens is 2. The highest BCUT2D eigenvalue weighted by molar-refractivity contribution is 5.94. The first-order valence-electron chi connectivity index (χ1n) is 10.3. The Bertz CT molecular complexity index is 839. The number of anilines is 1. The van der Waals surface area contributed by atoms with Crippen molar-refractivity contribution in [3.8, 4) is 0 Å². The molecule has 148 valence electrons. The topological polar surface area (TPSA) is 61.4 Å². The molecule has 2 aromatic rings. The van der Waals surface area contributed by atoms with Gasteiger partial charge in [-0.3, -0.25) is 9.78 Å². The average molecular weight is 380 g/mol. The fraction of sp³-hybridized carbons (Fsp3) is 0.500. The summed E-state index contributed by atoms with van der Waals surface area (Å²) in [5.74, 6) is 1.59. The number of hydrogen-bond donors (Lipinski definition) is 1. The van der Waals surface area contributed by atoms with Crippen molar-refractivity contribution in [1.82, 2.24) is 20.2 Å². The Morgan fingerprint density at radius 2 is 2.00 bits per heavy atom. The Balaban J connectivity index is 1.42. The molecule has 3 heterocycles. The number of aryl methyl sites for hydroxylation is 2. The van der Waals surface area contributed by atoms with Crippen LogP contribution in [0.25, 0.3) is 0 Å². The second kappa shape index (κ2) is 8.27. The molecule has 4 rings (SSSR count). The number of piperidine rings is 1. The highest BCUT2D eigenvalue weighted by Crippen LogP contribution is 2.25. The van der Waals surface area contributed by atoms with E-state index in [1.54, 1.807) is 6.20 Å². The van der Waals surface area contributed by atoms with E-state index < -0.39 is 0 Å². The van der Waals surface area contributed by atoms with Gasteiger partial charge in [-0.25, -0.2) is 4.98 Å². The number of hydrogen-bond acceptors (Lipinski definition) is 5. The first-order chi connectivity index (χ1) is 13.6. The van der Waals surface area contributed by atoms with Crippen LogP contribution in [0.1, 0.15) is 46.1 Å². The van der Waals surface area contributed by atoms with Crippen molar-refractivity contribution in [2.24, 2.45) is 0 Å². The molecule has 1 unspecified atom stereocenters. The lowest BCUT2D eigenvalue weighted by molar-refractivity contribution is 0.0746. The SMILES string of the molecule is Cc1cnc(C)c(N2CCN(C(=O)c3cccc(C4CCCNC4)c3)CC2)n1. The van der Waals surface area contributed by atoms with E-state index in [1.807, 2.05) is 30.9 Å². The lowest BCUT2D eigenvalue weighted by Crippen LogP contribution is -2.49. The molecule has 1 aromatic heterocycles. The molecule has 6 nitrogen and oxygen atoms in total. The molecular weight excluding hydrogens is 350 g/mol. The van der Waals surface area contributed by atoms with Crippen LogP contribution in [0.15, 0.2) is 30.5 Å². The fourth-order valence-electron chi connectivity index (χ4n) is 4.19. The second-order valence-electron chi connectivity index (χ2n) is 7.87. The van der Waals surface area contributed by atoms with Crippen LogP contribution in [-0.2, 0) is 0 Å². The van der Waals surface area contributed by atoms with Crippen molar-refractivity contribution >= 4 is 11.7 Å². The highest BCUT2D eigenvalue weighted by atomic mass is 16.2. The molecule has 2 aliphatic rings. The fourth-order valence-corrected chi connectivity index (χ4v) is 4.19. The smallest absolute Gasteiger partial charge is 0.253 e. The molecule has 0 spiro atoms. The molecule has 6 heteroatoms. The van der Waals surface area contributed by atoms with Crippen LogP contribution in [0.4, 0.5) is 5.82 Å². The van der Waals surface area contributed by atoms with Gasteiger partial charge in [0.15, 0.2) is 0 Å². The zero-order valence-corrected chi connectivity index (χ0v) is 16.8. The number of rotatable bonds is 3. The van der Waals surface area contributed by atoms with Gasteiger partial charge in [-0.15, -0.1) is 0 Å². The van der Waals surface area contributed by atoms with E-state index in [2.05, 4.69) is 32.3 Å². The Labute approximate surface area is 167 Å². The van der Waals surface area contributed by atoms with Gasteiger partial charge >= 0.3 is 0 Å². The number of carbonyl (C=O) groups is 1. The largest absolute Gasteiger partial charge is 0.352 e. The maximum absolute atomic E-state index is 13.1. The van der Waals surface area contributed by atoms with Crippen molar-refractivity contribution < 1.29 is 4.79 Å². The number of carbonyl (C=O) groups excluding carboxylic acids is 1. The van der Waals surface area contributed by atoms with Gasteiger partial charge in [0.1, 0.15) is 5.82 Å². The zero-order valence-electron chi connectivity index (χ0n) is 16.8. The molecule has 1 aromatic carbocycles. The van der Waals surface area contributed by atoms with Gasteiger partial charge < -0.3 is 15.1 Å². The van der Waals surface area contributed by atoms with Gasteiger partial charge in [0.2, 0.25) is 0 Å². The minimum Gasteiger partial charge on any atom is -0.352 e. The molecule has 1 atom stereocenters. The third kappa shape index (κ3) is 4.02. The zero-order chi connectivity index (χ0) is 19.5. The van der Waals surface area contributed by atoms with Gasteiger partial charge in [-0.1, -0.05) is 12.1 Å². The lowest BCUT2D eigenvalue weighted by Gasteiger charge is -2.36. The van der Waals surface area contributed by atoms with Gasteiger partial charge in [0.25, 0.3) is 5.91 Å². The highest BCUT2D eigenvalue weighted by Gasteiger charge is 2.25. The van der Waals surface area contributed by atoms with Crippen molar-refractivity contribution in [3.05, 3.63) is 53.0 Å². The van der Waals surface area contributed by atoms with Crippen LogP contribution >= 0.6 is 0 Å². The summed E-state index contributed by atoms with van der Waals surface area (Å²) in [4.78, 5) is 26.3. The van der Waals surface area contributed by atoms with Crippen LogP contribution in [0.2, 0.25) is 0 Å². The Kier molecular flexibility index (Phi) is 5.57. The number of amides is 1. The monoisotopic (exact) mass is 379 g/mol. The van der Waals surface area contributed by atoms with Crippen LogP contribution < -0.4 is 10.2 Å². The number of nitrogens with zero attached hydrogens (tertiary/aromatic N) is 4. The first kappa shape index (κ1) is 18.9. The lowest BCUT2D eigenvalue weighted by atomic mass is 9.90. The van der Waals surface area contributed by atoms with E-state index in [0.29, 0.717) is 19.0 Å². The van der Waals surface area contributed by atoms with Crippen LogP contribution in [0.3, 0.4) is 0 Å². The molecule has 1 N–H and O–H groups in total. The predicted molar refractivity (Wildman–Crippen MR) is 111 cm³/mol. The van der Waals surface area contributed by atoms with Crippen molar-refractivity contribution in [3.63, 3.8) is 0 Å². The third-order valence-corrected chi connectivity index (χ3v) is 5.82. The summed E-state index contributed by atoms with van der Waals surface area (Å²) in [6.07, 6.45) is 4.19. The number of nitrogens with one attached hydrogen (secondary N) is 1. The van der Waals surface area contributed by atoms with Gasteiger partial charge in [0, 0.05) is 44.5 Å². The first-order valence-corrected chi connectivity index (χ1v) is 10.3. The molecule has 2 fully saturated rings. The van der Waals surface area contributed by atoms with Crippen molar-refractivity contribution in [2.45, 2.75) is 32.6 Å². The van der Waals surface area contributed by atoms with Crippen molar-refractivity contribution in [2.75, 3.05) is 44.2 Å². The predicted octanol–water partition coefficient (Wildman–Crippen LogP) is 2.52. The van der Waals surface area contributed by atoms with E-state index >= 15 is 0 Å². The average Bonchev–Trinajstić information content (AvgIpc) is 2.76. The van der Waals surface area contributed by atoms with E-state index in [9.17, 15) is 4.79 Å². The molecule has 1 amide bonds.